The summed E-state index contributed by atoms with van der Waals surface area (Å²) in [5.74, 6) is 0. The van der Waals surface area contributed by atoms with E-state index < -0.39 is 37.3 Å². The summed E-state index contributed by atoms with van der Waals surface area (Å²) in [5, 5.41) is 42.4. The molecule has 0 radical (unpaired) electrons. The smallest absolute Gasteiger partial charge is 0.163 e. The van der Waals surface area contributed by atoms with Crippen LogP contribution in [0.2, 0.25) is 0 Å². The summed E-state index contributed by atoms with van der Waals surface area (Å²) in [6.07, 6.45) is 1.88. The van der Waals surface area contributed by atoms with Crippen molar-refractivity contribution in [3.63, 3.8) is 0 Å². The SMILES string of the molecule is CCCCc1cnc(Cc2cn([C@@H]3O[C@H](CO)[C@@H](O)[C@H](O)[C@H]3O)c3ccccc23)s1. The molecule has 2 aromatic heterocycles. The van der Waals surface area contributed by atoms with E-state index in [1.807, 2.05) is 36.7 Å². The number of fused-ring (bicyclic) bond motifs is 1. The van der Waals surface area contributed by atoms with Crippen LogP contribution >= 0.6 is 11.3 Å². The summed E-state index contributed by atoms with van der Waals surface area (Å²) in [6, 6.07) is 7.79. The number of rotatable bonds is 7. The Morgan fingerprint density at radius 3 is 2.70 bits per heavy atom. The van der Waals surface area contributed by atoms with Crippen molar-refractivity contribution in [1.82, 2.24) is 9.55 Å². The van der Waals surface area contributed by atoms with Crippen LogP contribution in [-0.2, 0) is 17.6 Å². The zero-order chi connectivity index (χ0) is 21.3. The highest BCUT2D eigenvalue weighted by Crippen LogP contribution is 2.34. The standard InChI is InChI=1S/C22H28N2O5S/c1-2-3-6-14-10-23-18(30-14)9-13-11-24(16-8-5-4-7-15(13)16)22-21(28)20(27)19(26)17(12-25)29-22/h4-5,7-8,10-11,17,19-22,25-28H,2-3,6,9,12H2,1H3/t17-,19-,20+,21-,22-/m1/s1. The van der Waals surface area contributed by atoms with Crippen LogP contribution in [0.1, 0.15) is 41.4 Å². The second kappa shape index (κ2) is 9.13. The van der Waals surface area contributed by atoms with Crippen LogP contribution in [0.4, 0.5) is 0 Å². The van der Waals surface area contributed by atoms with Gasteiger partial charge in [0.1, 0.15) is 24.4 Å². The van der Waals surface area contributed by atoms with Crippen molar-refractivity contribution < 1.29 is 25.2 Å². The van der Waals surface area contributed by atoms with Gasteiger partial charge in [-0.25, -0.2) is 4.98 Å². The van der Waals surface area contributed by atoms with E-state index in [1.54, 1.807) is 15.9 Å². The number of para-hydroxylation sites is 1. The Bertz CT molecular complexity index is 985. The molecule has 3 heterocycles. The maximum absolute atomic E-state index is 10.6. The molecular weight excluding hydrogens is 404 g/mol. The van der Waals surface area contributed by atoms with Gasteiger partial charge in [0, 0.05) is 29.1 Å². The van der Waals surface area contributed by atoms with Crippen molar-refractivity contribution in [3.05, 3.63) is 52.1 Å². The van der Waals surface area contributed by atoms with Gasteiger partial charge in [-0.3, -0.25) is 0 Å². The lowest BCUT2D eigenvalue weighted by molar-refractivity contribution is -0.250. The van der Waals surface area contributed by atoms with Crippen molar-refractivity contribution >= 4 is 22.2 Å². The molecule has 1 fully saturated rings. The predicted octanol–water partition coefficient (Wildman–Crippen LogP) is 2.00. The maximum Gasteiger partial charge on any atom is 0.163 e. The second-order valence-corrected chi connectivity index (χ2v) is 9.00. The van der Waals surface area contributed by atoms with Crippen LogP contribution in [0.5, 0.6) is 0 Å². The fourth-order valence-corrected chi connectivity index (χ4v) is 4.99. The van der Waals surface area contributed by atoms with E-state index in [1.165, 1.54) is 4.88 Å². The molecule has 0 amide bonds. The summed E-state index contributed by atoms with van der Waals surface area (Å²) < 4.78 is 7.55. The Morgan fingerprint density at radius 2 is 1.93 bits per heavy atom. The number of nitrogens with zero attached hydrogens (tertiary/aromatic N) is 2. The summed E-state index contributed by atoms with van der Waals surface area (Å²) in [4.78, 5) is 5.86. The van der Waals surface area contributed by atoms with Gasteiger partial charge in [-0.05, 0) is 24.5 Å². The number of unbranched alkanes of at least 4 members (excludes halogenated alkanes) is 1. The number of hydrogen-bond donors (Lipinski definition) is 4. The normalized spacial score (nSPS) is 27.0. The van der Waals surface area contributed by atoms with E-state index in [2.05, 4.69) is 11.9 Å². The van der Waals surface area contributed by atoms with E-state index in [4.69, 9.17) is 4.74 Å². The summed E-state index contributed by atoms with van der Waals surface area (Å²) in [5.41, 5.74) is 1.89. The van der Waals surface area contributed by atoms with Crippen LogP contribution in [-0.4, -0.2) is 61.0 Å². The van der Waals surface area contributed by atoms with E-state index in [-0.39, 0.29) is 0 Å². The molecule has 0 bridgehead atoms. The van der Waals surface area contributed by atoms with Gasteiger partial charge >= 0.3 is 0 Å². The Hall–Kier alpha value is -1.81. The third kappa shape index (κ3) is 4.03. The first-order valence-corrected chi connectivity index (χ1v) is 11.2. The van der Waals surface area contributed by atoms with Crippen LogP contribution in [0, 0.1) is 0 Å². The molecular formula is C22H28N2O5S. The molecule has 1 aliphatic heterocycles. The lowest BCUT2D eigenvalue weighted by Crippen LogP contribution is -2.56. The predicted molar refractivity (Wildman–Crippen MR) is 114 cm³/mol. The maximum atomic E-state index is 10.6. The largest absolute Gasteiger partial charge is 0.394 e. The number of aromatic nitrogens is 2. The molecule has 4 N–H and O–H groups in total. The van der Waals surface area contributed by atoms with Gasteiger partial charge in [0.15, 0.2) is 6.23 Å². The highest BCUT2D eigenvalue weighted by molar-refractivity contribution is 7.11. The average molecular weight is 433 g/mol. The van der Waals surface area contributed by atoms with Gasteiger partial charge in [-0.15, -0.1) is 11.3 Å². The van der Waals surface area contributed by atoms with Gasteiger partial charge in [-0.1, -0.05) is 31.5 Å². The Morgan fingerprint density at radius 1 is 1.13 bits per heavy atom. The second-order valence-electron chi connectivity index (χ2n) is 7.80. The lowest BCUT2D eigenvalue weighted by atomic mass is 9.98. The number of thiazole rings is 1. The molecule has 4 rings (SSSR count). The number of hydrogen-bond acceptors (Lipinski definition) is 7. The van der Waals surface area contributed by atoms with Crippen LogP contribution in [0.15, 0.2) is 36.7 Å². The quantitative estimate of drug-likeness (QED) is 0.455. The number of aryl methyl sites for hydroxylation is 1. The molecule has 3 aromatic rings. The lowest BCUT2D eigenvalue weighted by Gasteiger charge is -2.40. The molecule has 0 aliphatic carbocycles. The zero-order valence-corrected chi connectivity index (χ0v) is 17.7. The van der Waals surface area contributed by atoms with Crippen molar-refractivity contribution in [2.45, 2.75) is 63.3 Å². The molecule has 0 saturated carbocycles. The van der Waals surface area contributed by atoms with E-state index in [0.29, 0.717) is 6.42 Å². The molecule has 30 heavy (non-hydrogen) atoms. The summed E-state index contributed by atoms with van der Waals surface area (Å²) >= 11 is 1.72. The minimum atomic E-state index is -1.41. The highest BCUT2D eigenvalue weighted by Gasteiger charge is 2.44. The van der Waals surface area contributed by atoms with E-state index >= 15 is 0 Å². The van der Waals surface area contributed by atoms with Gasteiger partial charge in [0.2, 0.25) is 0 Å². The molecule has 8 heteroatoms. The fourth-order valence-electron chi connectivity index (χ4n) is 4.00. The number of aliphatic hydroxyl groups is 4. The van der Waals surface area contributed by atoms with Crippen LogP contribution in [0.3, 0.4) is 0 Å². The molecule has 7 nitrogen and oxygen atoms in total. The monoisotopic (exact) mass is 432 g/mol. The minimum Gasteiger partial charge on any atom is -0.394 e. The highest BCUT2D eigenvalue weighted by atomic mass is 32.1. The van der Waals surface area contributed by atoms with Gasteiger partial charge < -0.3 is 29.7 Å². The first-order valence-electron chi connectivity index (χ1n) is 10.4. The fraction of sp³-hybridized carbons (Fsp3) is 0.500. The summed E-state index contributed by atoms with van der Waals surface area (Å²) in [7, 11) is 0. The van der Waals surface area contributed by atoms with Gasteiger partial charge in [0.25, 0.3) is 0 Å². The van der Waals surface area contributed by atoms with Crippen molar-refractivity contribution in [2.24, 2.45) is 0 Å². The van der Waals surface area contributed by atoms with Crippen molar-refractivity contribution in [1.29, 1.82) is 0 Å². The Balaban J connectivity index is 1.66. The Kier molecular flexibility index (Phi) is 6.52. The number of ether oxygens (including phenoxy) is 1. The molecule has 0 spiro atoms. The van der Waals surface area contributed by atoms with Crippen molar-refractivity contribution in [2.75, 3.05) is 6.61 Å². The molecule has 162 valence electrons. The van der Waals surface area contributed by atoms with Gasteiger partial charge in [0.05, 0.1) is 17.1 Å². The Labute approximate surface area is 179 Å². The molecule has 1 aromatic carbocycles. The average Bonchev–Trinajstić information content (AvgIpc) is 3.36. The van der Waals surface area contributed by atoms with E-state index in [9.17, 15) is 20.4 Å². The number of aliphatic hydroxyl groups excluding tert-OH is 4. The molecule has 1 aliphatic rings. The summed E-state index contributed by atoms with van der Waals surface area (Å²) in [6.45, 7) is 1.73. The first kappa shape index (κ1) is 21.4. The first-order chi connectivity index (χ1) is 14.5. The van der Waals surface area contributed by atoms with E-state index in [0.717, 1.165) is 40.7 Å². The van der Waals surface area contributed by atoms with Crippen LogP contribution in [0.25, 0.3) is 10.9 Å². The van der Waals surface area contributed by atoms with Gasteiger partial charge in [-0.2, -0.15) is 0 Å². The topological polar surface area (TPSA) is 108 Å². The molecule has 0 unspecified atom stereocenters. The van der Waals surface area contributed by atoms with Crippen molar-refractivity contribution in [3.8, 4) is 0 Å². The number of benzene rings is 1. The van der Waals surface area contributed by atoms with Crippen LogP contribution < -0.4 is 0 Å². The molecule has 5 atom stereocenters. The molecule has 1 saturated heterocycles. The third-order valence-electron chi connectivity index (χ3n) is 5.68. The zero-order valence-electron chi connectivity index (χ0n) is 16.9. The minimum absolute atomic E-state index is 0.451. The third-order valence-corrected chi connectivity index (χ3v) is 6.74.